The van der Waals surface area contributed by atoms with Crippen molar-refractivity contribution >= 4 is 0 Å². The van der Waals surface area contributed by atoms with Gasteiger partial charge < -0.3 is 5.73 Å². The zero-order valence-corrected chi connectivity index (χ0v) is 12.8. The van der Waals surface area contributed by atoms with Crippen molar-refractivity contribution in [1.82, 2.24) is 9.78 Å². The Bertz CT molecular complexity index is 420. The summed E-state index contributed by atoms with van der Waals surface area (Å²) in [6, 6.07) is 3.27. The summed E-state index contributed by atoms with van der Waals surface area (Å²) in [5.41, 5.74) is 7.60. The Balaban J connectivity index is 1.61. The third kappa shape index (κ3) is 3.08. The molecular formula is C17H29N3. The largest absolute Gasteiger partial charge is 0.327 e. The Hall–Kier alpha value is -0.830. The van der Waals surface area contributed by atoms with E-state index in [1.807, 2.05) is 0 Å². The summed E-state index contributed by atoms with van der Waals surface area (Å²) in [6.07, 6.45) is 13.8. The number of hydrogen-bond acceptors (Lipinski definition) is 2. The van der Waals surface area contributed by atoms with Crippen LogP contribution in [0.5, 0.6) is 0 Å². The molecule has 112 valence electrons. The van der Waals surface area contributed by atoms with Gasteiger partial charge in [0.2, 0.25) is 0 Å². The Morgan fingerprint density at radius 3 is 2.80 bits per heavy atom. The normalized spacial score (nSPS) is 31.8. The monoisotopic (exact) mass is 275 g/mol. The lowest BCUT2D eigenvalue weighted by Crippen LogP contribution is -2.37. The summed E-state index contributed by atoms with van der Waals surface area (Å²) in [6.45, 7) is 2.31. The van der Waals surface area contributed by atoms with Gasteiger partial charge in [-0.3, -0.25) is 4.68 Å². The predicted octanol–water partition coefficient (Wildman–Crippen LogP) is 3.69. The molecule has 2 aliphatic carbocycles. The average molecular weight is 275 g/mol. The molecular weight excluding hydrogens is 246 g/mol. The van der Waals surface area contributed by atoms with E-state index in [1.54, 1.807) is 0 Å². The molecule has 0 spiro atoms. The molecule has 2 N–H and O–H groups in total. The topological polar surface area (TPSA) is 43.8 Å². The van der Waals surface area contributed by atoms with Gasteiger partial charge in [-0.1, -0.05) is 26.2 Å². The van der Waals surface area contributed by atoms with E-state index in [2.05, 4.69) is 23.9 Å². The number of hydrogen-bond donors (Lipinski definition) is 1. The number of aromatic nitrogens is 2. The highest BCUT2D eigenvalue weighted by Gasteiger charge is 2.28. The van der Waals surface area contributed by atoms with Crippen LogP contribution in [-0.4, -0.2) is 15.8 Å². The molecule has 0 bridgehead atoms. The van der Waals surface area contributed by atoms with Crippen molar-refractivity contribution in [3.8, 4) is 0 Å². The van der Waals surface area contributed by atoms with Gasteiger partial charge in [-0.2, -0.15) is 5.10 Å². The van der Waals surface area contributed by atoms with Gasteiger partial charge in [0, 0.05) is 12.2 Å². The van der Waals surface area contributed by atoms with Crippen LogP contribution >= 0.6 is 0 Å². The fourth-order valence-corrected chi connectivity index (χ4v) is 4.12. The summed E-state index contributed by atoms with van der Waals surface area (Å²) in [5.74, 6) is 1.53. The summed E-state index contributed by atoms with van der Waals surface area (Å²) in [5, 5.41) is 4.83. The third-order valence-electron chi connectivity index (χ3n) is 5.56. The van der Waals surface area contributed by atoms with Crippen molar-refractivity contribution in [3.63, 3.8) is 0 Å². The first-order chi connectivity index (χ1) is 9.76. The minimum absolute atomic E-state index is 0.384. The fourth-order valence-electron chi connectivity index (χ4n) is 4.12. The van der Waals surface area contributed by atoms with Crippen molar-refractivity contribution < 1.29 is 0 Å². The summed E-state index contributed by atoms with van der Waals surface area (Å²) >= 11 is 0. The highest BCUT2D eigenvalue weighted by Crippen LogP contribution is 2.33. The first-order valence-corrected chi connectivity index (χ1v) is 8.56. The van der Waals surface area contributed by atoms with E-state index in [0.29, 0.717) is 18.0 Å². The molecule has 2 fully saturated rings. The Kier molecular flexibility index (Phi) is 4.45. The third-order valence-corrected chi connectivity index (χ3v) is 5.56. The van der Waals surface area contributed by atoms with Crippen LogP contribution < -0.4 is 5.73 Å². The first-order valence-electron chi connectivity index (χ1n) is 8.56. The summed E-state index contributed by atoms with van der Waals surface area (Å²) in [7, 11) is 0. The van der Waals surface area contributed by atoms with E-state index in [1.165, 1.54) is 57.1 Å². The zero-order chi connectivity index (χ0) is 13.9. The van der Waals surface area contributed by atoms with E-state index in [-0.39, 0.29) is 0 Å². The van der Waals surface area contributed by atoms with Gasteiger partial charge in [-0.15, -0.1) is 0 Å². The molecule has 3 rings (SSSR count). The van der Waals surface area contributed by atoms with Gasteiger partial charge in [0.15, 0.2) is 0 Å². The van der Waals surface area contributed by atoms with E-state index in [4.69, 9.17) is 10.8 Å². The van der Waals surface area contributed by atoms with Crippen LogP contribution in [0.25, 0.3) is 0 Å². The molecule has 0 radical (unpaired) electrons. The van der Waals surface area contributed by atoms with Crippen LogP contribution in [0.2, 0.25) is 0 Å². The predicted molar refractivity (Wildman–Crippen MR) is 82.5 cm³/mol. The molecule has 3 atom stereocenters. The van der Waals surface area contributed by atoms with E-state index < -0.39 is 0 Å². The number of nitrogens with two attached hydrogens (primary N) is 1. The molecule has 3 unspecified atom stereocenters. The van der Waals surface area contributed by atoms with Gasteiger partial charge in [-0.05, 0) is 56.4 Å². The first kappa shape index (κ1) is 14.1. The van der Waals surface area contributed by atoms with E-state index in [0.717, 1.165) is 12.3 Å². The van der Waals surface area contributed by atoms with Crippen molar-refractivity contribution in [2.75, 3.05) is 0 Å². The van der Waals surface area contributed by atoms with E-state index >= 15 is 0 Å². The molecule has 1 heterocycles. The second kappa shape index (κ2) is 6.30. The quantitative estimate of drug-likeness (QED) is 0.910. The molecule has 0 amide bonds. The highest BCUT2D eigenvalue weighted by molar-refractivity contribution is 5.03. The van der Waals surface area contributed by atoms with Gasteiger partial charge in [0.25, 0.3) is 0 Å². The van der Waals surface area contributed by atoms with Gasteiger partial charge >= 0.3 is 0 Å². The second-order valence-corrected chi connectivity index (χ2v) is 6.94. The SMILES string of the molecule is CCC1CCC(N)C(Cc2ccn(C3CCCC3)n2)C1. The minimum Gasteiger partial charge on any atom is -0.327 e. The van der Waals surface area contributed by atoms with E-state index in [9.17, 15) is 0 Å². The lowest BCUT2D eigenvalue weighted by molar-refractivity contribution is 0.225. The fraction of sp³-hybridized carbons (Fsp3) is 0.824. The van der Waals surface area contributed by atoms with Gasteiger partial charge in [-0.25, -0.2) is 0 Å². The van der Waals surface area contributed by atoms with Crippen LogP contribution in [0.4, 0.5) is 0 Å². The van der Waals surface area contributed by atoms with Crippen LogP contribution in [0.1, 0.15) is 70.0 Å². The van der Waals surface area contributed by atoms with Crippen molar-refractivity contribution in [2.24, 2.45) is 17.6 Å². The summed E-state index contributed by atoms with van der Waals surface area (Å²) < 4.78 is 2.22. The molecule has 0 aliphatic heterocycles. The van der Waals surface area contributed by atoms with Crippen molar-refractivity contribution in [2.45, 2.75) is 76.8 Å². The molecule has 3 heteroatoms. The van der Waals surface area contributed by atoms with Gasteiger partial charge in [0.1, 0.15) is 0 Å². The smallest absolute Gasteiger partial charge is 0.0628 e. The maximum atomic E-state index is 6.34. The molecule has 20 heavy (non-hydrogen) atoms. The maximum absolute atomic E-state index is 6.34. The molecule has 0 saturated heterocycles. The molecule has 2 aliphatic rings. The van der Waals surface area contributed by atoms with Crippen molar-refractivity contribution in [3.05, 3.63) is 18.0 Å². The van der Waals surface area contributed by atoms with Crippen LogP contribution in [0.3, 0.4) is 0 Å². The average Bonchev–Trinajstić information content (AvgIpc) is 3.12. The molecule has 1 aromatic rings. The van der Waals surface area contributed by atoms with Crippen LogP contribution in [0.15, 0.2) is 12.3 Å². The Morgan fingerprint density at radius 1 is 1.25 bits per heavy atom. The minimum atomic E-state index is 0.384. The second-order valence-electron chi connectivity index (χ2n) is 6.94. The van der Waals surface area contributed by atoms with Crippen LogP contribution in [0, 0.1) is 11.8 Å². The Labute approximate surface area is 122 Å². The van der Waals surface area contributed by atoms with Crippen molar-refractivity contribution in [1.29, 1.82) is 0 Å². The van der Waals surface area contributed by atoms with Crippen LogP contribution in [-0.2, 0) is 6.42 Å². The zero-order valence-electron chi connectivity index (χ0n) is 12.8. The highest BCUT2D eigenvalue weighted by atomic mass is 15.3. The standard InChI is InChI=1S/C17H29N3/c1-2-13-7-8-17(18)14(11-13)12-15-9-10-20(19-15)16-5-3-4-6-16/h9-10,13-14,16-17H,2-8,11-12,18H2,1H3. The number of rotatable bonds is 4. The lowest BCUT2D eigenvalue weighted by atomic mass is 9.75. The molecule has 3 nitrogen and oxygen atoms in total. The van der Waals surface area contributed by atoms with Gasteiger partial charge in [0.05, 0.1) is 11.7 Å². The molecule has 0 aromatic carbocycles. The lowest BCUT2D eigenvalue weighted by Gasteiger charge is -2.33. The summed E-state index contributed by atoms with van der Waals surface area (Å²) in [4.78, 5) is 0. The Morgan fingerprint density at radius 2 is 2.05 bits per heavy atom. The molecule has 1 aromatic heterocycles. The number of nitrogens with zero attached hydrogens (tertiary/aromatic N) is 2. The maximum Gasteiger partial charge on any atom is 0.0628 e. The molecule has 2 saturated carbocycles.